The van der Waals surface area contributed by atoms with Gasteiger partial charge in [-0.2, -0.15) is 0 Å². The summed E-state index contributed by atoms with van der Waals surface area (Å²) >= 11 is 0. The number of imidazole rings is 1. The number of H-pyrrole nitrogens is 1. The molecule has 0 aliphatic heterocycles. The lowest BCUT2D eigenvalue weighted by molar-refractivity contribution is 0.422. The van der Waals surface area contributed by atoms with Gasteiger partial charge in [0, 0.05) is 44.0 Å². The molecule has 0 saturated carbocycles. The summed E-state index contributed by atoms with van der Waals surface area (Å²) in [5.74, 6) is 1.05. The standard InChI is InChI=1S/C11H22N4/c1-11(2,3)15-9-6-12-5-4-10-13-7-8-14-10/h7-8,12,15H,4-6,9H2,1-3H3,(H,13,14). The van der Waals surface area contributed by atoms with Gasteiger partial charge in [-0.3, -0.25) is 0 Å². The van der Waals surface area contributed by atoms with E-state index in [0.29, 0.717) is 0 Å². The van der Waals surface area contributed by atoms with Crippen LogP contribution >= 0.6 is 0 Å². The third-order valence-corrected chi connectivity index (χ3v) is 2.05. The Labute approximate surface area is 91.9 Å². The molecule has 1 heterocycles. The van der Waals surface area contributed by atoms with Gasteiger partial charge in [0.15, 0.2) is 0 Å². The highest BCUT2D eigenvalue weighted by Crippen LogP contribution is 1.96. The van der Waals surface area contributed by atoms with Crippen LogP contribution in [0.4, 0.5) is 0 Å². The summed E-state index contributed by atoms with van der Waals surface area (Å²) in [6.07, 6.45) is 4.61. The minimum Gasteiger partial charge on any atom is -0.349 e. The van der Waals surface area contributed by atoms with E-state index >= 15 is 0 Å². The molecular weight excluding hydrogens is 188 g/mol. The SMILES string of the molecule is CC(C)(C)NCCNCCc1ncc[nH]1. The van der Waals surface area contributed by atoms with Gasteiger partial charge in [0.25, 0.3) is 0 Å². The second kappa shape index (κ2) is 5.88. The van der Waals surface area contributed by atoms with Crippen LogP contribution in [-0.4, -0.2) is 35.1 Å². The van der Waals surface area contributed by atoms with Crippen molar-refractivity contribution in [1.82, 2.24) is 20.6 Å². The molecule has 1 rings (SSSR count). The van der Waals surface area contributed by atoms with Crippen molar-refractivity contribution < 1.29 is 0 Å². The van der Waals surface area contributed by atoms with Gasteiger partial charge in [-0.05, 0) is 20.8 Å². The van der Waals surface area contributed by atoms with Crippen LogP contribution in [-0.2, 0) is 6.42 Å². The number of nitrogens with zero attached hydrogens (tertiary/aromatic N) is 1. The van der Waals surface area contributed by atoms with Crippen molar-refractivity contribution in [2.24, 2.45) is 0 Å². The molecule has 86 valence electrons. The van der Waals surface area contributed by atoms with Crippen LogP contribution in [0.15, 0.2) is 12.4 Å². The molecule has 4 nitrogen and oxygen atoms in total. The topological polar surface area (TPSA) is 52.7 Å². The first-order valence-electron chi connectivity index (χ1n) is 5.52. The molecule has 0 aromatic carbocycles. The highest BCUT2D eigenvalue weighted by atomic mass is 15.0. The predicted octanol–water partition coefficient (Wildman–Crippen LogP) is 0.930. The Bertz CT molecular complexity index is 248. The number of hydrogen-bond donors (Lipinski definition) is 3. The summed E-state index contributed by atoms with van der Waals surface area (Å²) in [5, 5.41) is 6.80. The van der Waals surface area contributed by atoms with Crippen LogP contribution in [0.5, 0.6) is 0 Å². The van der Waals surface area contributed by atoms with Crippen molar-refractivity contribution in [3.8, 4) is 0 Å². The van der Waals surface area contributed by atoms with E-state index < -0.39 is 0 Å². The van der Waals surface area contributed by atoms with Gasteiger partial charge in [-0.25, -0.2) is 4.98 Å². The zero-order valence-corrected chi connectivity index (χ0v) is 9.93. The van der Waals surface area contributed by atoms with Gasteiger partial charge in [0.2, 0.25) is 0 Å². The third kappa shape index (κ3) is 6.25. The van der Waals surface area contributed by atoms with Crippen LogP contribution in [0.3, 0.4) is 0 Å². The molecule has 0 aliphatic carbocycles. The monoisotopic (exact) mass is 210 g/mol. The predicted molar refractivity (Wildman–Crippen MR) is 62.9 cm³/mol. The van der Waals surface area contributed by atoms with Gasteiger partial charge in [-0.1, -0.05) is 0 Å². The van der Waals surface area contributed by atoms with Gasteiger partial charge in [0.1, 0.15) is 5.82 Å². The van der Waals surface area contributed by atoms with Crippen molar-refractivity contribution in [3.63, 3.8) is 0 Å². The zero-order chi connectivity index (χ0) is 11.1. The normalized spacial score (nSPS) is 11.9. The largest absolute Gasteiger partial charge is 0.349 e. The number of aromatic nitrogens is 2. The number of aromatic amines is 1. The lowest BCUT2D eigenvalue weighted by Crippen LogP contribution is -2.40. The van der Waals surface area contributed by atoms with Gasteiger partial charge >= 0.3 is 0 Å². The number of hydrogen-bond acceptors (Lipinski definition) is 3. The molecule has 0 radical (unpaired) electrons. The molecule has 0 atom stereocenters. The van der Waals surface area contributed by atoms with Crippen LogP contribution in [0.25, 0.3) is 0 Å². The summed E-state index contributed by atoms with van der Waals surface area (Å²) in [6, 6.07) is 0. The van der Waals surface area contributed by atoms with Crippen LogP contribution in [0, 0.1) is 0 Å². The smallest absolute Gasteiger partial charge is 0.107 e. The summed E-state index contributed by atoms with van der Waals surface area (Å²) in [6.45, 7) is 9.50. The molecule has 0 spiro atoms. The Kier molecular flexibility index (Phi) is 4.78. The lowest BCUT2D eigenvalue weighted by atomic mass is 10.1. The number of rotatable bonds is 6. The van der Waals surface area contributed by atoms with Crippen molar-refractivity contribution >= 4 is 0 Å². The van der Waals surface area contributed by atoms with E-state index in [1.54, 1.807) is 6.20 Å². The Hall–Kier alpha value is -0.870. The Balaban J connectivity index is 1.94. The van der Waals surface area contributed by atoms with E-state index in [2.05, 4.69) is 41.4 Å². The molecule has 0 bridgehead atoms. The van der Waals surface area contributed by atoms with Crippen molar-refractivity contribution in [1.29, 1.82) is 0 Å². The minimum absolute atomic E-state index is 0.211. The maximum Gasteiger partial charge on any atom is 0.107 e. The van der Waals surface area contributed by atoms with Crippen molar-refractivity contribution in [2.75, 3.05) is 19.6 Å². The molecule has 4 heteroatoms. The Morgan fingerprint density at radius 2 is 2.07 bits per heavy atom. The highest BCUT2D eigenvalue weighted by Gasteiger charge is 2.06. The summed E-state index contributed by atoms with van der Waals surface area (Å²) in [5.41, 5.74) is 0.211. The average Bonchev–Trinajstić information content (AvgIpc) is 2.61. The molecule has 1 aromatic rings. The van der Waals surface area contributed by atoms with E-state index in [9.17, 15) is 0 Å². The van der Waals surface area contributed by atoms with Gasteiger partial charge in [-0.15, -0.1) is 0 Å². The maximum absolute atomic E-state index is 4.16. The Morgan fingerprint density at radius 3 is 2.67 bits per heavy atom. The number of nitrogens with one attached hydrogen (secondary N) is 3. The molecular formula is C11H22N4. The first-order chi connectivity index (χ1) is 7.08. The fraction of sp³-hybridized carbons (Fsp3) is 0.727. The summed E-state index contributed by atoms with van der Waals surface area (Å²) < 4.78 is 0. The molecule has 0 saturated heterocycles. The van der Waals surface area contributed by atoms with E-state index in [0.717, 1.165) is 31.9 Å². The van der Waals surface area contributed by atoms with E-state index in [1.165, 1.54) is 0 Å². The van der Waals surface area contributed by atoms with Crippen LogP contribution in [0.2, 0.25) is 0 Å². The maximum atomic E-state index is 4.16. The second-order valence-electron chi connectivity index (χ2n) is 4.71. The molecule has 15 heavy (non-hydrogen) atoms. The fourth-order valence-electron chi connectivity index (χ4n) is 1.29. The van der Waals surface area contributed by atoms with Crippen molar-refractivity contribution in [3.05, 3.63) is 18.2 Å². The first-order valence-corrected chi connectivity index (χ1v) is 5.52. The molecule has 0 unspecified atom stereocenters. The molecule has 1 aromatic heterocycles. The van der Waals surface area contributed by atoms with E-state index in [1.807, 2.05) is 6.20 Å². The van der Waals surface area contributed by atoms with Crippen LogP contribution in [0.1, 0.15) is 26.6 Å². The zero-order valence-electron chi connectivity index (χ0n) is 9.93. The third-order valence-electron chi connectivity index (χ3n) is 2.05. The molecule has 0 aliphatic rings. The molecule has 0 amide bonds. The first kappa shape index (κ1) is 12.2. The second-order valence-corrected chi connectivity index (χ2v) is 4.71. The highest BCUT2D eigenvalue weighted by molar-refractivity contribution is 4.87. The lowest BCUT2D eigenvalue weighted by Gasteiger charge is -2.20. The quantitative estimate of drug-likeness (QED) is 0.612. The van der Waals surface area contributed by atoms with Crippen molar-refractivity contribution in [2.45, 2.75) is 32.7 Å². The average molecular weight is 210 g/mol. The molecule has 0 fully saturated rings. The van der Waals surface area contributed by atoms with E-state index in [-0.39, 0.29) is 5.54 Å². The van der Waals surface area contributed by atoms with Gasteiger partial charge < -0.3 is 15.6 Å². The van der Waals surface area contributed by atoms with E-state index in [4.69, 9.17) is 0 Å². The fourth-order valence-corrected chi connectivity index (χ4v) is 1.29. The summed E-state index contributed by atoms with van der Waals surface area (Å²) in [7, 11) is 0. The van der Waals surface area contributed by atoms with Crippen LogP contribution < -0.4 is 10.6 Å². The minimum atomic E-state index is 0.211. The molecule has 3 N–H and O–H groups in total. The van der Waals surface area contributed by atoms with Gasteiger partial charge in [0.05, 0.1) is 0 Å². The Morgan fingerprint density at radius 1 is 1.27 bits per heavy atom. The summed E-state index contributed by atoms with van der Waals surface area (Å²) in [4.78, 5) is 7.25.